The Morgan fingerprint density at radius 2 is 2.13 bits per heavy atom. The Bertz CT molecular complexity index is 732. The third-order valence-electron chi connectivity index (χ3n) is 3.63. The Hall–Kier alpha value is -2.56. The summed E-state index contributed by atoms with van der Waals surface area (Å²) in [6.07, 6.45) is 7.53. The molecule has 0 unspecified atom stereocenters. The lowest BCUT2D eigenvalue weighted by molar-refractivity contribution is 0.104. The number of allylic oxidation sites excluding steroid dienone is 1. The van der Waals surface area contributed by atoms with Gasteiger partial charge >= 0.3 is 0 Å². The van der Waals surface area contributed by atoms with Crippen LogP contribution in [0.25, 0.3) is 6.08 Å². The number of hydrogen-bond acceptors (Lipinski definition) is 4. The lowest BCUT2D eigenvalue weighted by Crippen LogP contribution is -2.00. The predicted molar refractivity (Wildman–Crippen MR) is 88.0 cm³/mol. The standard InChI is InChI=1S/C18H20N2O3/c1-13(2)20-12-15(11-19-20)16(21)8-7-14-5-3-6-17-18(14)23-10-4-9-22-17/h3,5-8,11-13H,4,9-10H2,1-2H3/b8-7-. The largest absolute Gasteiger partial charge is 0.490 e. The third-order valence-corrected chi connectivity index (χ3v) is 3.63. The first-order chi connectivity index (χ1) is 11.1. The van der Waals surface area contributed by atoms with E-state index in [9.17, 15) is 4.79 Å². The van der Waals surface area contributed by atoms with Crippen LogP contribution in [0.2, 0.25) is 0 Å². The van der Waals surface area contributed by atoms with Gasteiger partial charge in [-0.05, 0) is 32.1 Å². The van der Waals surface area contributed by atoms with E-state index in [2.05, 4.69) is 5.10 Å². The molecule has 1 aromatic carbocycles. The molecule has 5 nitrogen and oxygen atoms in total. The van der Waals surface area contributed by atoms with Gasteiger partial charge in [0.1, 0.15) is 0 Å². The maximum atomic E-state index is 12.3. The minimum Gasteiger partial charge on any atom is -0.490 e. The summed E-state index contributed by atoms with van der Waals surface area (Å²) >= 11 is 0. The van der Waals surface area contributed by atoms with Crippen molar-refractivity contribution in [3.05, 3.63) is 47.8 Å². The zero-order valence-electron chi connectivity index (χ0n) is 13.4. The Morgan fingerprint density at radius 1 is 1.30 bits per heavy atom. The molecule has 0 bridgehead atoms. The van der Waals surface area contributed by atoms with Gasteiger partial charge in [-0.15, -0.1) is 0 Å². The first-order valence-electron chi connectivity index (χ1n) is 7.80. The van der Waals surface area contributed by atoms with Crippen molar-refractivity contribution in [2.24, 2.45) is 0 Å². The maximum absolute atomic E-state index is 12.3. The van der Waals surface area contributed by atoms with Gasteiger partial charge in [-0.1, -0.05) is 12.1 Å². The number of carbonyl (C=O) groups is 1. The molecule has 0 atom stereocenters. The van der Waals surface area contributed by atoms with E-state index in [4.69, 9.17) is 9.47 Å². The molecule has 0 saturated carbocycles. The summed E-state index contributed by atoms with van der Waals surface area (Å²) in [5.74, 6) is 1.35. The van der Waals surface area contributed by atoms with Crippen LogP contribution in [0.1, 0.15) is 42.2 Å². The van der Waals surface area contributed by atoms with E-state index in [1.807, 2.05) is 32.0 Å². The summed E-state index contributed by atoms with van der Waals surface area (Å²) in [7, 11) is 0. The van der Waals surface area contributed by atoms with Crippen molar-refractivity contribution >= 4 is 11.9 Å². The van der Waals surface area contributed by atoms with Gasteiger partial charge < -0.3 is 9.47 Å². The van der Waals surface area contributed by atoms with Crippen molar-refractivity contribution in [3.8, 4) is 11.5 Å². The number of benzene rings is 1. The molecule has 5 heteroatoms. The molecule has 1 aromatic heterocycles. The fourth-order valence-corrected chi connectivity index (χ4v) is 2.36. The molecule has 0 radical (unpaired) electrons. The Labute approximate surface area is 135 Å². The molecule has 0 N–H and O–H groups in total. The number of hydrogen-bond donors (Lipinski definition) is 0. The van der Waals surface area contributed by atoms with Gasteiger partial charge in [-0.3, -0.25) is 9.48 Å². The van der Waals surface area contributed by atoms with Crippen LogP contribution in [-0.2, 0) is 0 Å². The van der Waals surface area contributed by atoms with Gasteiger partial charge in [0.2, 0.25) is 0 Å². The number of ketones is 1. The van der Waals surface area contributed by atoms with E-state index in [1.165, 1.54) is 0 Å². The minimum absolute atomic E-state index is 0.0796. The van der Waals surface area contributed by atoms with Crippen LogP contribution >= 0.6 is 0 Å². The number of fused-ring (bicyclic) bond motifs is 1. The Kier molecular flexibility index (Phi) is 4.46. The summed E-state index contributed by atoms with van der Waals surface area (Å²) in [5, 5.41) is 4.19. The van der Waals surface area contributed by atoms with E-state index < -0.39 is 0 Å². The van der Waals surface area contributed by atoms with Crippen molar-refractivity contribution < 1.29 is 14.3 Å². The van der Waals surface area contributed by atoms with Crippen molar-refractivity contribution in [3.63, 3.8) is 0 Å². The molecule has 23 heavy (non-hydrogen) atoms. The molecule has 2 aromatic rings. The quantitative estimate of drug-likeness (QED) is 0.640. The SMILES string of the molecule is CC(C)n1cc(C(=O)/C=C\c2cccc3c2OCCCO3)cn1. The highest BCUT2D eigenvalue weighted by Crippen LogP contribution is 2.34. The van der Waals surface area contributed by atoms with Gasteiger partial charge in [-0.25, -0.2) is 0 Å². The van der Waals surface area contributed by atoms with Gasteiger partial charge in [0, 0.05) is 24.2 Å². The second-order valence-corrected chi connectivity index (χ2v) is 5.73. The van der Waals surface area contributed by atoms with Gasteiger partial charge in [-0.2, -0.15) is 5.10 Å². The highest BCUT2D eigenvalue weighted by molar-refractivity contribution is 6.06. The molecule has 3 rings (SSSR count). The molecule has 2 heterocycles. The number of ether oxygens (including phenoxy) is 2. The van der Waals surface area contributed by atoms with Gasteiger partial charge in [0.05, 0.1) is 25.0 Å². The summed E-state index contributed by atoms with van der Waals surface area (Å²) in [5.41, 5.74) is 1.42. The molecule has 0 amide bonds. The normalized spacial score (nSPS) is 14.2. The number of nitrogens with zero attached hydrogens (tertiary/aromatic N) is 2. The molecule has 0 aliphatic carbocycles. The van der Waals surface area contributed by atoms with Crippen LogP contribution in [-0.4, -0.2) is 28.8 Å². The van der Waals surface area contributed by atoms with Crippen LogP contribution in [0.3, 0.4) is 0 Å². The number of aromatic nitrogens is 2. The number of rotatable bonds is 4. The summed E-state index contributed by atoms with van der Waals surface area (Å²) in [6, 6.07) is 5.92. The molecule has 0 saturated heterocycles. The fraction of sp³-hybridized carbons (Fsp3) is 0.333. The first kappa shape index (κ1) is 15.3. The lowest BCUT2D eigenvalue weighted by atomic mass is 10.1. The van der Waals surface area contributed by atoms with E-state index in [0.717, 1.165) is 17.7 Å². The predicted octanol–water partition coefficient (Wildman–Crippen LogP) is 3.52. The van der Waals surface area contributed by atoms with Crippen LogP contribution in [0, 0.1) is 0 Å². The van der Waals surface area contributed by atoms with Crippen molar-refractivity contribution in [2.75, 3.05) is 13.2 Å². The van der Waals surface area contributed by atoms with E-state index in [-0.39, 0.29) is 11.8 Å². The highest BCUT2D eigenvalue weighted by Gasteiger charge is 2.13. The van der Waals surface area contributed by atoms with Crippen molar-refractivity contribution in [1.29, 1.82) is 0 Å². The molecule has 1 aliphatic heterocycles. The average Bonchev–Trinajstić information content (AvgIpc) is 2.92. The number of carbonyl (C=O) groups excluding carboxylic acids is 1. The molecular weight excluding hydrogens is 292 g/mol. The van der Waals surface area contributed by atoms with Gasteiger partial charge in [0.25, 0.3) is 0 Å². The molecular formula is C18H20N2O3. The van der Waals surface area contributed by atoms with Crippen molar-refractivity contribution in [1.82, 2.24) is 9.78 Å². The molecule has 1 aliphatic rings. The van der Waals surface area contributed by atoms with E-state index in [1.54, 1.807) is 29.2 Å². The summed E-state index contributed by atoms with van der Waals surface area (Å²) < 4.78 is 13.2. The lowest BCUT2D eigenvalue weighted by Gasteiger charge is -2.09. The van der Waals surface area contributed by atoms with E-state index in [0.29, 0.717) is 24.5 Å². The number of para-hydroxylation sites is 1. The third kappa shape index (κ3) is 3.44. The maximum Gasteiger partial charge on any atom is 0.189 e. The highest BCUT2D eigenvalue weighted by atomic mass is 16.5. The van der Waals surface area contributed by atoms with Crippen LogP contribution in [0.4, 0.5) is 0 Å². The average molecular weight is 312 g/mol. The monoisotopic (exact) mass is 312 g/mol. The topological polar surface area (TPSA) is 53.4 Å². The van der Waals surface area contributed by atoms with Crippen molar-refractivity contribution in [2.45, 2.75) is 26.3 Å². The molecule has 0 spiro atoms. The smallest absolute Gasteiger partial charge is 0.189 e. The second kappa shape index (κ2) is 6.69. The summed E-state index contributed by atoms with van der Waals surface area (Å²) in [4.78, 5) is 12.3. The van der Waals surface area contributed by atoms with Crippen LogP contribution in [0.5, 0.6) is 11.5 Å². The zero-order valence-corrected chi connectivity index (χ0v) is 13.4. The second-order valence-electron chi connectivity index (χ2n) is 5.73. The Balaban J connectivity index is 1.81. The fourth-order valence-electron chi connectivity index (χ4n) is 2.36. The zero-order chi connectivity index (χ0) is 16.2. The first-order valence-corrected chi connectivity index (χ1v) is 7.80. The Morgan fingerprint density at radius 3 is 2.91 bits per heavy atom. The summed E-state index contributed by atoms with van der Waals surface area (Å²) in [6.45, 7) is 5.31. The molecule has 120 valence electrons. The van der Waals surface area contributed by atoms with Crippen LogP contribution < -0.4 is 9.47 Å². The minimum atomic E-state index is -0.0796. The van der Waals surface area contributed by atoms with Crippen LogP contribution in [0.15, 0.2) is 36.7 Å². The molecule has 0 fully saturated rings. The van der Waals surface area contributed by atoms with Gasteiger partial charge in [0.15, 0.2) is 17.3 Å². The van der Waals surface area contributed by atoms with E-state index >= 15 is 0 Å².